The van der Waals surface area contributed by atoms with Gasteiger partial charge in [0.25, 0.3) is 5.91 Å². The smallest absolute Gasteiger partial charge is 0.309 e. The second kappa shape index (κ2) is 26.6. The van der Waals surface area contributed by atoms with E-state index in [1.165, 1.54) is 24.4 Å². The molecule has 15 nitrogen and oxygen atoms in total. The van der Waals surface area contributed by atoms with Crippen LogP contribution < -0.4 is 26.6 Å². The fraction of sp³-hybridized carbons (Fsp3) is 0.688. The van der Waals surface area contributed by atoms with Gasteiger partial charge in [0.15, 0.2) is 6.10 Å². The van der Waals surface area contributed by atoms with E-state index < -0.39 is 59.2 Å². The Kier molecular flexibility index (Phi) is 22.5. The maximum atomic E-state index is 15.3. The predicted octanol–water partition coefficient (Wildman–Crippen LogP) is 7.16. The Morgan fingerprint density at radius 1 is 1.03 bits per heavy atom. The van der Waals surface area contributed by atoms with Gasteiger partial charge in [0, 0.05) is 43.4 Å². The van der Waals surface area contributed by atoms with Crippen LogP contribution in [0.2, 0.25) is 0 Å². The van der Waals surface area contributed by atoms with E-state index in [4.69, 9.17) is 4.74 Å². The molecule has 3 rings (SSSR count). The number of aromatic nitrogens is 1. The molecule has 65 heavy (non-hydrogen) atoms. The molecule has 2 aromatic rings. The number of hydrogen-bond acceptors (Lipinski definition) is 11. The number of amides is 4. The molecular formula is C48H76FN7O8S. The molecule has 4 amide bonds. The van der Waals surface area contributed by atoms with Crippen molar-refractivity contribution in [3.05, 3.63) is 45.7 Å². The molecule has 0 bridgehead atoms. The van der Waals surface area contributed by atoms with E-state index in [0.717, 1.165) is 56.4 Å². The largest absolute Gasteiger partial charge is 0.481 e. The number of thiazole rings is 1. The van der Waals surface area contributed by atoms with Crippen molar-refractivity contribution in [3.63, 3.8) is 0 Å². The van der Waals surface area contributed by atoms with Gasteiger partial charge >= 0.3 is 11.9 Å². The second-order valence-corrected chi connectivity index (χ2v) is 19.7. The summed E-state index contributed by atoms with van der Waals surface area (Å²) >= 11 is 1.13. The van der Waals surface area contributed by atoms with Gasteiger partial charge in [0.2, 0.25) is 17.7 Å². The Balaban J connectivity index is 1.92. The molecule has 364 valence electrons. The molecule has 0 spiro atoms. The number of benzene rings is 1. The quantitative estimate of drug-likeness (QED) is 0.0391. The van der Waals surface area contributed by atoms with E-state index in [0.29, 0.717) is 30.0 Å². The first-order valence-corrected chi connectivity index (χ1v) is 24.4. The summed E-state index contributed by atoms with van der Waals surface area (Å²) in [4.78, 5) is 86.1. The number of piperidine rings is 1. The summed E-state index contributed by atoms with van der Waals surface area (Å²) in [5, 5.41) is 26.7. The van der Waals surface area contributed by atoms with E-state index in [1.807, 2.05) is 46.4 Å². The number of carboxylic acid groups (broad SMARTS) is 1. The van der Waals surface area contributed by atoms with Crippen LogP contribution in [-0.4, -0.2) is 100 Å². The number of aliphatic carboxylic acids is 1. The van der Waals surface area contributed by atoms with Crippen LogP contribution >= 0.6 is 11.3 Å². The van der Waals surface area contributed by atoms with Gasteiger partial charge in [-0.15, -0.1) is 11.3 Å². The summed E-state index contributed by atoms with van der Waals surface area (Å²) in [6.07, 6.45) is 6.30. The van der Waals surface area contributed by atoms with Gasteiger partial charge < -0.3 is 41.3 Å². The van der Waals surface area contributed by atoms with Crippen LogP contribution in [0, 0.1) is 23.1 Å². The minimum Gasteiger partial charge on any atom is -0.481 e. The zero-order valence-corrected chi connectivity index (χ0v) is 41.1. The summed E-state index contributed by atoms with van der Waals surface area (Å²) in [5.41, 5.74) is -0.790. The number of halogens is 1. The number of hydrogen-bond donors (Lipinski definition) is 6. The Bertz CT molecular complexity index is 1880. The SMILES string of the molecule is CCCCCCN(C(=O)[C@@H](NC(=O)[C@H]1CCCCN1)[C@@H](C)CC)[C@H](C[C@@H](OC(C)=O)c1nc(C(=O)N[C@@H](Cc2ccc(NC(=O)CNC(C)C)c(F)c2)CC(C)(C)C(=O)O)cs1)C(C)C. The number of unbranched alkanes of at least 4 members (excludes halogenated alkanes) is 3. The highest BCUT2D eigenvalue weighted by Crippen LogP contribution is 2.32. The highest BCUT2D eigenvalue weighted by atomic mass is 32.1. The van der Waals surface area contributed by atoms with Crippen LogP contribution in [0.15, 0.2) is 23.6 Å². The van der Waals surface area contributed by atoms with Crippen LogP contribution in [0.25, 0.3) is 0 Å². The number of carbonyl (C=O) groups excluding carboxylic acids is 5. The molecule has 0 unspecified atom stereocenters. The second-order valence-electron chi connectivity index (χ2n) is 18.8. The van der Waals surface area contributed by atoms with Crippen molar-refractivity contribution in [1.29, 1.82) is 0 Å². The normalized spacial score (nSPS) is 16.5. The summed E-state index contributed by atoms with van der Waals surface area (Å²) in [5.74, 6) is -3.96. The van der Waals surface area contributed by atoms with E-state index in [-0.39, 0.29) is 72.9 Å². The van der Waals surface area contributed by atoms with Crippen LogP contribution in [0.4, 0.5) is 10.1 Å². The van der Waals surface area contributed by atoms with Crippen molar-refractivity contribution in [2.75, 3.05) is 25.0 Å². The van der Waals surface area contributed by atoms with E-state index in [9.17, 15) is 33.9 Å². The average molecular weight is 930 g/mol. The van der Waals surface area contributed by atoms with Gasteiger partial charge in [0.05, 0.1) is 23.7 Å². The zero-order valence-electron chi connectivity index (χ0n) is 40.3. The molecule has 0 saturated carbocycles. The van der Waals surface area contributed by atoms with Gasteiger partial charge in [-0.2, -0.15) is 0 Å². The third-order valence-corrected chi connectivity index (χ3v) is 13.0. The fourth-order valence-corrected chi connectivity index (χ4v) is 8.80. The van der Waals surface area contributed by atoms with Crippen molar-refractivity contribution < 1.29 is 43.0 Å². The molecule has 6 N–H and O–H groups in total. The van der Waals surface area contributed by atoms with Gasteiger partial charge in [-0.05, 0) is 82.0 Å². The molecule has 17 heteroatoms. The number of carbonyl (C=O) groups is 6. The van der Waals surface area contributed by atoms with E-state index in [2.05, 4.69) is 38.5 Å². The number of esters is 1. The number of rotatable bonds is 27. The molecule has 1 aromatic carbocycles. The summed E-state index contributed by atoms with van der Waals surface area (Å²) in [6.45, 7) is 19.4. The number of nitrogens with one attached hydrogen (secondary N) is 5. The molecular weight excluding hydrogens is 854 g/mol. The maximum absolute atomic E-state index is 15.3. The third-order valence-electron chi connectivity index (χ3n) is 12.0. The molecule has 1 aliphatic rings. The molecule has 6 atom stereocenters. The highest BCUT2D eigenvalue weighted by Gasteiger charge is 2.38. The molecule has 2 heterocycles. The number of anilines is 1. The Hall–Kier alpha value is -4.48. The topological polar surface area (TPSA) is 208 Å². The van der Waals surface area contributed by atoms with Gasteiger partial charge in [0.1, 0.15) is 22.6 Å². The van der Waals surface area contributed by atoms with Gasteiger partial charge in [-0.1, -0.05) is 86.6 Å². The molecule has 1 aromatic heterocycles. The first-order valence-electron chi connectivity index (χ1n) is 23.5. The molecule has 1 aliphatic heterocycles. The number of ether oxygens (including phenoxy) is 1. The van der Waals surface area contributed by atoms with Gasteiger partial charge in [-0.3, -0.25) is 28.8 Å². The first-order chi connectivity index (χ1) is 30.7. The Morgan fingerprint density at radius 3 is 2.34 bits per heavy atom. The summed E-state index contributed by atoms with van der Waals surface area (Å²) < 4.78 is 21.2. The first kappa shape index (κ1) is 54.9. The highest BCUT2D eigenvalue weighted by molar-refractivity contribution is 7.09. The molecule has 0 radical (unpaired) electrons. The average Bonchev–Trinajstić information content (AvgIpc) is 3.75. The lowest BCUT2D eigenvalue weighted by Crippen LogP contribution is -2.58. The maximum Gasteiger partial charge on any atom is 0.309 e. The monoisotopic (exact) mass is 930 g/mol. The lowest BCUT2D eigenvalue weighted by atomic mass is 9.84. The van der Waals surface area contributed by atoms with Crippen molar-refractivity contribution in [1.82, 2.24) is 31.2 Å². The Labute approximate surface area is 389 Å². The predicted molar refractivity (Wildman–Crippen MR) is 252 cm³/mol. The summed E-state index contributed by atoms with van der Waals surface area (Å²) in [6, 6.07) is 2.02. The lowest BCUT2D eigenvalue weighted by Gasteiger charge is -2.40. The van der Waals surface area contributed by atoms with Crippen molar-refractivity contribution in [2.24, 2.45) is 17.3 Å². The third kappa shape index (κ3) is 17.7. The van der Waals surface area contributed by atoms with Crippen LogP contribution in [0.3, 0.4) is 0 Å². The standard InChI is InChI=1S/C48H76FN7O8S/c1-11-13-14-17-22-56(46(61)42(31(7)12-2)55-43(59)37-18-15-16-21-50-37)39(29(3)4)25-40(64-32(8)57)45-54-38(28-65-45)44(60)52-34(26-48(9,10)47(62)63)23-33-19-20-36(35(49)24-33)53-41(58)27-51-30(5)6/h19-20,24,28-31,34,37,39-40,42,50-51H,11-18,21-23,25-27H2,1-10H3,(H,52,60)(H,53,58)(H,55,59)(H,62,63)/t31-,34-,37+,39+,40+,42-/m0/s1. The Morgan fingerprint density at radius 2 is 1.75 bits per heavy atom. The molecule has 1 saturated heterocycles. The van der Waals surface area contributed by atoms with Crippen LogP contribution in [-0.2, 0) is 35.1 Å². The van der Waals surface area contributed by atoms with Crippen LogP contribution in [0.1, 0.15) is 161 Å². The summed E-state index contributed by atoms with van der Waals surface area (Å²) in [7, 11) is 0. The van der Waals surface area contributed by atoms with Gasteiger partial charge in [-0.25, -0.2) is 9.37 Å². The lowest BCUT2D eigenvalue weighted by molar-refractivity contribution is -0.150. The van der Waals surface area contributed by atoms with Crippen molar-refractivity contribution in [3.8, 4) is 0 Å². The van der Waals surface area contributed by atoms with Crippen molar-refractivity contribution >= 4 is 52.6 Å². The van der Waals surface area contributed by atoms with Crippen LogP contribution in [0.5, 0.6) is 0 Å². The van der Waals surface area contributed by atoms with Crippen molar-refractivity contribution in [2.45, 2.75) is 176 Å². The zero-order chi connectivity index (χ0) is 48.4. The minimum atomic E-state index is -1.27. The molecule has 0 aliphatic carbocycles. The molecule has 1 fully saturated rings. The fourth-order valence-electron chi connectivity index (χ4n) is 7.96. The van der Waals surface area contributed by atoms with E-state index in [1.54, 1.807) is 19.9 Å². The minimum absolute atomic E-state index is 0.00439. The number of nitrogens with zero attached hydrogens (tertiary/aromatic N) is 2. The number of carboxylic acids is 1. The van der Waals surface area contributed by atoms with E-state index >= 15 is 4.39 Å².